The molecule has 0 bridgehead atoms. The Morgan fingerprint density at radius 2 is 1.88 bits per heavy atom. The summed E-state index contributed by atoms with van der Waals surface area (Å²) in [6.45, 7) is 7.67. The maximum absolute atomic E-state index is 9.35. The van der Waals surface area contributed by atoms with Crippen molar-refractivity contribution in [3.63, 3.8) is 0 Å². The highest BCUT2D eigenvalue weighted by molar-refractivity contribution is 5.27. The van der Waals surface area contributed by atoms with E-state index in [9.17, 15) is 5.11 Å². The summed E-state index contributed by atoms with van der Waals surface area (Å²) in [6.07, 6.45) is 0.507. The minimum atomic E-state index is -0.458. The van der Waals surface area contributed by atoms with E-state index in [1.165, 1.54) is 5.56 Å². The number of rotatable bonds is 7. The zero-order valence-electron chi connectivity index (χ0n) is 10.9. The van der Waals surface area contributed by atoms with Gasteiger partial charge in [-0.15, -0.1) is 0 Å². The molecule has 1 aromatic rings. The third-order valence-corrected chi connectivity index (χ3v) is 2.68. The van der Waals surface area contributed by atoms with Crippen LogP contribution in [-0.4, -0.2) is 23.9 Å². The zero-order chi connectivity index (χ0) is 12.7. The molecule has 2 atom stereocenters. The van der Waals surface area contributed by atoms with Crippen molar-refractivity contribution >= 4 is 0 Å². The highest BCUT2D eigenvalue weighted by Gasteiger charge is 2.09. The van der Waals surface area contributed by atoms with Crippen LogP contribution in [-0.2, 0) is 6.54 Å². The summed E-state index contributed by atoms with van der Waals surface area (Å²) in [7, 11) is 0. The molecule has 1 rings (SSSR count). The Labute approximate surface area is 104 Å². The van der Waals surface area contributed by atoms with E-state index in [4.69, 9.17) is 4.74 Å². The second-order valence-corrected chi connectivity index (χ2v) is 4.38. The first kappa shape index (κ1) is 14.0. The number of hydrogen-bond donors (Lipinski definition) is 2. The number of benzene rings is 1. The first-order valence-corrected chi connectivity index (χ1v) is 6.28. The average Bonchev–Trinajstić information content (AvgIpc) is 2.31. The Hall–Kier alpha value is -1.06. The maximum Gasteiger partial charge on any atom is 0.121 e. The minimum Gasteiger partial charge on any atom is -0.488 e. The Morgan fingerprint density at radius 1 is 1.24 bits per heavy atom. The Bertz CT molecular complexity index is 309. The van der Waals surface area contributed by atoms with E-state index < -0.39 is 6.10 Å². The smallest absolute Gasteiger partial charge is 0.121 e. The van der Waals surface area contributed by atoms with Crippen LogP contribution in [0.3, 0.4) is 0 Å². The van der Waals surface area contributed by atoms with E-state index in [-0.39, 0.29) is 6.10 Å². The van der Waals surface area contributed by atoms with Crippen molar-refractivity contribution in [2.24, 2.45) is 0 Å². The second kappa shape index (κ2) is 7.30. The molecular formula is C14H23NO2. The van der Waals surface area contributed by atoms with Crippen LogP contribution < -0.4 is 10.1 Å². The van der Waals surface area contributed by atoms with Gasteiger partial charge >= 0.3 is 0 Å². The van der Waals surface area contributed by atoms with Gasteiger partial charge in [-0.05, 0) is 44.5 Å². The fourth-order valence-electron chi connectivity index (χ4n) is 1.41. The van der Waals surface area contributed by atoms with Crippen LogP contribution in [0.5, 0.6) is 5.75 Å². The molecule has 0 saturated heterocycles. The van der Waals surface area contributed by atoms with Crippen molar-refractivity contribution in [1.29, 1.82) is 0 Å². The van der Waals surface area contributed by atoms with Gasteiger partial charge in [0, 0.05) is 6.54 Å². The summed E-state index contributed by atoms with van der Waals surface area (Å²) in [5.41, 5.74) is 1.25. The van der Waals surface area contributed by atoms with Crippen molar-refractivity contribution in [1.82, 2.24) is 5.32 Å². The number of aliphatic hydroxyl groups is 1. The molecule has 96 valence electrons. The lowest BCUT2D eigenvalue weighted by atomic mass is 10.2. The van der Waals surface area contributed by atoms with Crippen LogP contribution in [0, 0.1) is 0 Å². The number of ether oxygens (including phenoxy) is 1. The predicted octanol–water partition coefficient (Wildman–Crippen LogP) is 2.33. The molecule has 0 aromatic heterocycles. The average molecular weight is 237 g/mol. The van der Waals surface area contributed by atoms with Gasteiger partial charge in [0.1, 0.15) is 11.9 Å². The lowest BCUT2D eigenvalue weighted by Gasteiger charge is -2.17. The largest absolute Gasteiger partial charge is 0.488 e. The number of nitrogens with one attached hydrogen (secondary N) is 1. The van der Waals surface area contributed by atoms with Crippen LogP contribution in [0.25, 0.3) is 0 Å². The van der Waals surface area contributed by atoms with Crippen molar-refractivity contribution in [2.75, 3.05) is 6.54 Å². The fraction of sp³-hybridized carbons (Fsp3) is 0.571. The Balaban J connectivity index is 2.44. The summed E-state index contributed by atoms with van der Waals surface area (Å²) in [5.74, 6) is 0.803. The molecule has 0 fully saturated rings. The van der Waals surface area contributed by atoms with Gasteiger partial charge in [-0.25, -0.2) is 0 Å². The van der Waals surface area contributed by atoms with Gasteiger partial charge in [0.2, 0.25) is 0 Å². The topological polar surface area (TPSA) is 41.5 Å². The molecule has 0 spiro atoms. The van der Waals surface area contributed by atoms with Crippen LogP contribution in [0.4, 0.5) is 0 Å². The molecule has 0 aliphatic rings. The Kier molecular flexibility index (Phi) is 6.01. The van der Waals surface area contributed by atoms with Crippen LogP contribution >= 0.6 is 0 Å². The van der Waals surface area contributed by atoms with E-state index in [0.29, 0.717) is 0 Å². The summed E-state index contributed by atoms with van der Waals surface area (Å²) in [5, 5.41) is 12.7. The van der Waals surface area contributed by atoms with Crippen LogP contribution in [0.2, 0.25) is 0 Å². The summed E-state index contributed by atoms with van der Waals surface area (Å²) < 4.78 is 5.59. The van der Waals surface area contributed by atoms with Gasteiger partial charge in [0.25, 0.3) is 0 Å². The zero-order valence-corrected chi connectivity index (χ0v) is 10.9. The molecule has 3 heteroatoms. The minimum absolute atomic E-state index is 0.181. The fourth-order valence-corrected chi connectivity index (χ4v) is 1.41. The molecule has 0 saturated carbocycles. The molecule has 3 nitrogen and oxygen atoms in total. The SMILES string of the molecule is CCCNCc1ccc(OC(C)C(C)O)cc1. The molecule has 0 amide bonds. The highest BCUT2D eigenvalue weighted by atomic mass is 16.5. The van der Waals surface area contributed by atoms with Gasteiger partial charge in [-0.3, -0.25) is 0 Å². The summed E-state index contributed by atoms with van der Waals surface area (Å²) >= 11 is 0. The molecule has 0 heterocycles. The number of hydrogen-bond acceptors (Lipinski definition) is 3. The van der Waals surface area contributed by atoms with E-state index in [1.807, 2.05) is 31.2 Å². The molecule has 17 heavy (non-hydrogen) atoms. The summed E-state index contributed by atoms with van der Waals surface area (Å²) in [4.78, 5) is 0. The van der Waals surface area contributed by atoms with Crippen molar-refractivity contribution in [2.45, 2.75) is 45.9 Å². The Morgan fingerprint density at radius 3 is 2.41 bits per heavy atom. The van der Waals surface area contributed by atoms with Gasteiger partial charge in [-0.1, -0.05) is 19.1 Å². The van der Waals surface area contributed by atoms with Crippen molar-refractivity contribution < 1.29 is 9.84 Å². The van der Waals surface area contributed by atoms with Gasteiger partial charge in [0.05, 0.1) is 6.10 Å². The van der Waals surface area contributed by atoms with Crippen molar-refractivity contribution in [3.8, 4) is 5.75 Å². The van der Waals surface area contributed by atoms with E-state index in [0.717, 1.165) is 25.3 Å². The highest BCUT2D eigenvalue weighted by Crippen LogP contribution is 2.14. The molecule has 0 radical (unpaired) electrons. The third kappa shape index (κ3) is 5.20. The maximum atomic E-state index is 9.35. The molecule has 0 aliphatic carbocycles. The molecule has 2 N–H and O–H groups in total. The number of aliphatic hydroxyl groups excluding tert-OH is 1. The first-order valence-electron chi connectivity index (χ1n) is 6.28. The van der Waals surface area contributed by atoms with Crippen molar-refractivity contribution in [3.05, 3.63) is 29.8 Å². The van der Waals surface area contributed by atoms with Gasteiger partial charge in [-0.2, -0.15) is 0 Å². The summed E-state index contributed by atoms with van der Waals surface area (Å²) in [6, 6.07) is 7.99. The van der Waals surface area contributed by atoms with Gasteiger partial charge < -0.3 is 15.2 Å². The van der Waals surface area contributed by atoms with E-state index >= 15 is 0 Å². The molecule has 1 aromatic carbocycles. The lowest BCUT2D eigenvalue weighted by Crippen LogP contribution is -2.25. The van der Waals surface area contributed by atoms with Gasteiger partial charge in [0.15, 0.2) is 0 Å². The normalized spacial score (nSPS) is 14.4. The lowest BCUT2D eigenvalue weighted by molar-refractivity contribution is 0.0604. The second-order valence-electron chi connectivity index (χ2n) is 4.38. The van der Waals surface area contributed by atoms with Crippen LogP contribution in [0.15, 0.2) is 24.3 Å². The third-order valence-electron chi connectivity index (χ3n) is 2.68. The quantitative estimate of drug-likeness (QED) is 0.715. The predicted molar refractivity (Wildman–Crippen MR) is 70.2 cm³/mol. The monoisotopic (exact) mass is 237 g/mol. The van der Waals surface area contributed by atoms with E-state index in [2.05, 4.69) is 12.2 Å². The molecule has 0 aliphatic heterocycles. The van der Waals surface area contributed by atoms with Crippen LogP contribution in [0.1, 0.15) is 32.8 Å². The molecule has 2 unspecified atom stereocenters. The van der Waals surface area contributed by atoms with E-state index in [1.54, 1.807) is 6.92 Å². The first-order chi connectivity index (χ1) is 8.13. The molecular weight excluding hydrogens is 214 g/mol. The standard InChI is InChI=1S/C14H23NO2/c1-4-9-15-10-13-5-7-14(8-6-13)17-12(3)11(2)16/h5-8,11-12,15-16H,4,9-10H2,1-3H3.